The predicted molar refractivity (Wildman–Crippen MR) is 112 cm³/mol. The van der Waals surface area contributed by atoms with Gasteiger partial charge in [-0.15, -0.1) is 0 Å². The number of imide groups is 1. The van der Waals surface area contributed by atoms with Gasteiger partial charge < -0.3 is 10.1 Å². The number of fused-ring (bicyclic) bond motifs is 1. The number of amides is 3. The summed E-state index contributed by atoms with van der Waals surface area (Å²) in [5.74, 6) is -2.84. The van der Waals surface area contributed by atoms with Gasteiger partial charge in [-0.2, -0.15) is 0 Å². The van der Waals surface area contributed by atoms with Crippen molar-refractivity contribution in [3.05, 3.63) is 28.7 Å². The van der Waals surface area contributed by atoms with Crippen LogP contribution < -0.4 is 5.32 Å². The number of hydrogen-bond donors (Lipinski definition) is 1. The van der Waals surface area contributed by atoms with Crippen molar-refractivity contribution >= 4 is 77.2 Å². The molecule has 2 aliphatic rings. The lowest BCUT2D eigenvalue weighted by atomic mass is 9.81. The number of carbonyl (C=O) groups is 4. The quantitative estimate of drug-likeness (QED) is 0.329. The Morgan fingerprint density at radius 3 is 2.11 bits per heavy atom. The number of anilines is 1. The highest BCUT2D eigenvalue weighted by molar-refractivity contribution is 9.12. The summed E-state index contributed by atoms with van der Waals surface area (Å²) in [7, 11) is 0. The van der Waals surface area contributed by atoms with Crippen LogP contribution in [0.1, 0.15) is 12.8 Å². The Morgan fingerprint density at radius 1 is 1.04 bits per heavy atom. The summed E-state index contributed by atoms with van der Waals surface area (Å²) in [6.07, 6.45) is 1.07. The molecule has 0 radical (unpaired) electrons. The second-order valence-electron chi connectivity index (χ2n) is 6.69. The second kappa shape index (κ2) is 9.04. The predicted octanol–water partition coefficient (Wildman–Crippen LogP) is 2.85. The van der Waals surface area contributed by atoms with Crippen LogP contribution in [0.5, 0.6) is 0 Å². The van der Waals surface area contributed by atoms with Gasteiger partial charge in [0.2, 0.25) is 11.8 Å². The Balaban J connectivity index is 1.50. The van der Waals surface area contributed by atoms with Crippen molar-refractivity contribution in [2.24, 2.45) is 11.8 Å². The Labute approximate surface area is 186 Å². The van der Waals surface area contributed by atoms with E-state index < -0.39 is 36.9 Å². The lowest BCUT2D eigenvalue weighted by Crippen LogP contribution is -2.37. The van der Waals surface area contributed by atoms with Gasteiger partial charge in [0.15, 0.2) is 6.61 Å². The number of esters is 1. The van der Waals surface area contributed by atoms with Gasteiger partial charge in [0.05, 0.1) is 11.8 Å². The Morgan fingerprint density at radius 2 is 1.57 bits per heavy atom. The number of nitrogens with one attached hydrogen (secondary N) is 1. The molecule has 1 saturated heterocycles. The highest BCUT2D eigenvalue weighted by atomic mass is 79.9. The summed E-state index contributed by atoms with van der Waals surface area (Å²) < 4.78 is 5.80. The average molecular weight is 581 g/mol. The maximum atomic E-state index is 12.5. The Bertz CT molecular complexity index is 773. The molecular weight excluding hydrogens is 564 g/mol. The number of rotatable bonds is 5. The maximum Gasteiger partial charge on any atom is 0.326 e. The summed E-state index contributed by atoms with van der Waals surface area (Å²) >= 11 is 10.3. The van der Waals surface area contributed by atoms with Crippen LogP contribution in [-0.4, -0.2) is 51.4 Å². The third-order valence-corrected chi connectivity index (χ3v) is 8.04. The summed E-state index contributed by atoms with van der Waals surface area (Å²) in [4.78, 5) is 50.1. The molecule has 3 rings (SSSR count). The molecule has 28 heavy (non-hydrogen) atoms. The van der Waals surface area contributed by atoms with Crippen molar-refractivity contribution in [1.82, 2.24) is 4.90 Å². The third kappa shape index (κ3) is 4.83. The molecule has 0 bridgehead atoms. The van der Waals surface area contributed by atoms with Gasteiger partial charge in [-0.25, -0.2) is 0 Å². The van der Waals surface area contributed by atoms with Gasteiger partial charge in [0.25, 0.3) is 5.91 Å². The molecule has 1 saturated carbocycles. The minimum atomic E-state index is -0.794. The summed E-state index contributed by atoms with van der Waals surface area (Å²) in [5.41, 5.74) is 0.562. The van der Waals surface area contributed by atoms with Crippen LogP contribution in [0.2, 0.25) is 0 Å². The first-order chi connectivity index (χ1) is 13.3. The zero-order valence-corrected chi connectivity index (χ0v) is 19.3. The van der Waals surface area contributed by atoms with Gasteiger partial charge in [-0.1, -0.05) is 47.8 Å². The molecule has 150 valence electrons. The lowest BCUT2D eigenvalue weighted by Gasteiger charge is -2.29. The molecule has 3 amide bonds. The van der Waals surface area contributed by atoms with Crippen LogP contribution in [0.3, 0.4) is 0 Å². The zero-order chi connectivity index (χ0) is 20.4. The molecule has 1 aromatic carbocycles. The van der Waals surface area contributed by atoms with Crippen LogP contribution in [-0.2, 0) is 23.9 Å². The molecule has 0 spiro atoms. The molecule has 1 N–H and O–H groups in total. The zero-order valence-electron chi connectivity index (χ0n) is 14.6. The van der Waals surface area contributed by atoms with Crippen LogP contribution in [0.4, 0.5) is 5.69 Å². The highest BCUT2D eigenvalue weighted by Gasteiger charge is 2.52. The molecular formula is C18H17Br3N2O5. The molecule has 0 aromatic heterocycles. The fourth-order valence-electron chi connectivity index (χ4n) is 3.37. The molecule has 10 heteroatoms. The van der Waals surface area contributed by atoms with E-state index >= 15 is 0 Å². The van der Waals surface area contributed by atoms with Crippen molar-refractivity contribution in [1.29, 1.82) is 0 Å². The number of nitrogens with zero attached hydrogens (tertiary/aromatic N) is 1. The largest absolute Gasteiger partial charge is 0.454 e. The maximum absolute atomic E-state index is 12.5. The fourth-order valence-corrected chi connectivity index (χ4v) is 4.87. The van der Waals surface area contributed by atoms with E-state index in [0.717, 1.165) is 9.37 Å². The molecule has 1 aliphatic carbocycles. The molecule has 1 aromatic rings. The van der Waals surface area contributed by atoms with Gasteiger partial charge in [-0.05, 0) is 37.1 Å². The number of alkyl halides is 2. The van der Waals surface area contributed by atoms with Crippen LogP contribution in [0.15, 0.2) is 28.7 Å². The van der Waals surface area contributed by atoms with E-state index in [2.05, 4.69) is 53.1 Å². The van der Waals surface area contributed by atoms with E-state index in [9.17, 15) is 19.2 Å². The Hall–Kier alpha value is -1.26. The van der Waals surface area contributed by atoms with E-state index in [4.69, 9.17) is 4.74 Å². The topological polar surface area (TPSA) is 92.8 Å². The van der Waals surface area contributed by atoms with Crippen LogP contribution in [0.25, 0.3) is 0 Å². The molecule has 4 atom stereocenters. The summed E-state index contributed by atoms with van der Waals surface area (Å²) in [6.45, 7) is -0.971. The normalized spacial score (nSPS) is 26.8. The van der Waals surface area contributed by atoms with Crippen molar-refractivity contribution < 1.29 is 23.9 Å². The summed E-state index contributed by atoms with van der Waals surface area (Å²) in [5, 5.41) is 2.59. The second-order valence-corrected chi connectivity index (χ2v) is 9.96. The molecule has 1 aliphatic heterocycles. The van der Waals surface area contributed by atoms with E-state index in [1.54, 1.807) is 24.3 Å². The van der Waals surface area contributed by atoms with Crippen molar-refractivity contribution in [3.63, 3.8) is 0 Å². The van der Waals surface area contributed by atoms with Gasteiger partial charge in [-0.3, -0.25) is 24.1 Å². The SMILES string of the molecule is O=C(COC(=O)CN1C(=O)[C@H]2C[C@@H](Br)[C@@H](Br)C[C@H]2C1=O)Nc1ccc(Br)cc1. The summed E-state index contributed by atoms with van der Waals surface area (Å²) in [6, 6.07) is 6.92. The average Bonchev–Trinajstić information content (AvgIpc) is 2.87. The minimum absolute atomic E-state index is 0.0970. The fraction of sp³-hybridized carbons (Fsp3) is 0.444. The number of hydrogen-bond acceptors (Lipinski definition) is 5. The minimum Gasteiger partial charge on any atom is -0.454 e. The third-order valence-electron chi connectivity index (χ3n) is 4.78. The monoisotopic (exact) mass is 578 g/mol. The number of benzene rings is 1. The van der Waals surface area contributed by atoms with Gasteiger partial charge >= 0.3 is 5.97 Å². The number of likely N-dealkylation sites (tertiary alicyclic amines) is 1. The van der Waals surface area contributed by atoms with Gasteiger partial charge in [0, 0.05) is 19.8 Å². The molecule has 0 unspecified atom stereocenters. The van der Waals surface area contributed by atoms with Crippen molar-refractivity contribution in [2.45, 2.75) is 22.5 Å². The van der Waals surface area contributed by atoms with Crippen LogP contribution in [0, 0.1) is 11.8 Å². The smallest absolute Gasteiger partial charge is 0.326 e. The molecule has 2 fully saturated rings. The standard InChI is InChI=1S/C18H17Br3N2O5/c19-9-1-3-10(4-2-9)22-15(24)8-28-16(25)7-23-17(26)11-5-13(20)14(21)6-12(11)18(23)27/h1-4,11-14H,5-8H2,(H,22,24)/t11-,12+,13+,14-. The lowest BCUT2D eigenvalue weighted by molar-refractivity contribution is -0.154. The first-order valence-electron chi connectivity index (χ1n) is 8.60. The van der Waals surface area contributed by atoms with Gasteiger partial charge in [0.1, 0.15) is 6.54 Å². The Kier molecular flexibility index (Phi) is 6.93. The van der Waals surface area contributed by atoms with Crippen molar-refractivity contribution in [3.8, 4) is 0 Å². The van der Waals surface area contributed by atoms with E-state index in [1.807, 2.05) is 0 Å². The number of carbonyl (C=O) groups excluding carboxylic acids is 4. The van der Waals surface area contributed by atoms with E-state index in [1.165, 1.54) is 0 Å². The number of ether oxygens (including phenoxy) is 1. The van der Waals surface area contributed by atoms with Crippen molar-refractivity contribution in [2.75, 3.05) is 18.5 Å². The first kappa shape index (κ1) is 21.4. The number of halogens is 3. The van der Waals surface area contributed by atoms with E-state index in [0.29, 0.717) is 18.5 Å². The molecule has 1 heterocycles. The van der Waals surface area contributed by atoms with Crippen LogP contribution >= 0.6 is 47.8 Å². The molecule has 7 nitrogen and oxygen atoms in total. The first-order valence-corrected chi connectivity index (χ1v) is 11.2. The van der Waals surface area contributed by atoms with E-state index in [-0.39, 0.29) is 21.5 Å². The highest BCUT2D eigenvalue weighted by Crippen LogP contribution is 2.43.